The molecule has 2 rings (SSSR count). The third-order valence-electron chi connectivity index (χ3n) is 4.01. The van der Waals surface area contributed by atoms with E-state index in [1.54, 1.807) is 0 Å². The van der Waals surface area contributed by atoms with Crippen molar-refractivity contribution < 1.29 is 9.18 Å². The monoisotopic (exact) mass is 279 g/mol. The highest BCUT2D eigenvalue weighted by atomic mass is 19.1. The van der Waals surface area contributed by atoms with E-state index in [4.69, 9.17) is 0 Å². The van der Waals surface area contributed by atoms with Crippen molar-refractivity contribution in [3.8, 4) is 0 Å². The van der Waals surface area contributed by atoms with Gasteiger partial charge in [-0.05, 0) is 31.2 Å². The number of carbonyl (C=O) groups excluding carboxylic acids is 1. The zero-order valence-electron chi connectivity index (χ0n) is 12.3. The number of halogens is 1. The number of nitrogens with zero attached hydrogens (tertiary/aromatic N) is 1. The molecule has 0 spiro atoms. The molecule has 5 heteroatoms. The highest BCUT2D eigenvalue weighted by molar-refractivity contribution is 5.98. The Morgan fingerprint density at radius 1 is 1.55 bits per heavy atom. The first-order chi connectivity index (χ1) is 9.44. The molecule has 4 nitrogen and oxygen atoms in total. The predicted molar refractivity (Wildman–Crippen MR) is 77.2 cm³/mol. The molecule has 20 heavy (non-hydrogen) atoms. The van der Waals surface area contributed by atoms with Gasteiger partial charge in [0.05, 0.1) is 11.8 Å². The van der Waals surface area contributed by atoms with Crippen LogP contribution < -0.4 is 10.6 Å². The molecular formula is C15H22FN3O. The summed E-state index contributed by atoms with van der Waals surface area (Å²) in [5, 5.41) is 6.02. The van der Waals surface area contributed by atoms with E-state index in [1.807, 2.05) is 6.92 Å². The Morgan fingerprint density at radius 2 is 2.30 bits per heavy atom. The first kappa shape index (κ1) is 14.8. The lowest BCUT2D eigenvalue weighted by atomic mass is 9.87. The lowest BCUT2D eigenvalue weighted by Crippen LogP contribution is -2.41. The van der Waals surface area contributed by atoms with Gasteiger partial charge in [0.2, 0.25) is 0 Å². The molecule has 0 radical (unpaired) electrons. The minimum atomic E-state index is -0.498. The van der Waals surface area contributed by atoms with Gasteiger partial charge in [0, 0.05) is 12.6 Å². The van der Waals surface area contributed by atoms with Crippen molar-refractivity contribution in [3.63, 3.8) is 0 Å². The summed E-state index contributed by atoms with van der Waals surface area (Å²) in [5.41, 5.74) is 0.365. The minimum absolute atomic E-state index is 0.0920. The molecule has 1 atom stereocenters. The molecule has 1 aromatic rings. The Hall–Kier alpha value is -1.65. The number of hydrogen-bond donors (Lipinski definition) is 2. The quantitative estimate of drug-likeness (QED) is 0.891. The third-order valence-corrected chi connectivity index (χ3v) is 4.01. The normalized spacial score (nSPS) is 20.7. The Morgan fingerprint density at radius 3 is 2.90 bits per heavy atom. The molecule has 0 aromatic carbocycles. The van der Waals surface area contributed by atoms with Gasteiger partial charge in [-0.3, -0.25) is 4.79 Å². The predicted octanol–water partition coefficient (Wildman–Crippen LogP) is 2.96. The molecule has 1 fully saturated rings. The second kappa shape index (κ2) is 5.77. The minimum Gasteiger partial charge on any atom is -0.370 e. The van der Waals surface area contributed by atoms with Crippen molar-refractivity contribution in [1.29, 1.82) is 0 Å². The summed E-state index contributed by atoms with van der Waals surface area (Å²) < 4.78 is 13.3. The van der Waals surface area contributed by atoms with Crippen LogP contribution in [0, 0.1) is 11.2 Å². The second-order valence-electron chi connectivity index (χ2n) is 5.99. The zero-order valence-corrected chi connectivity index (χ0v) is 12.3. The Balaban J connectivity index is 2.18. The topological polar surface area (TPSA) is 54.0 Å². The van der Waals surface area contributed by atoms with Crippen molar-refractivity contribution in [2.24, 2.45) is 5.41 Å². The van der Waals surface area contributed by atoms with Gasteiger partial charge in [0.1, 0.15) is 11.6 Å². The number of pyridine rings is 1. The van der Waals surface area contributed by atoms with Crippen molar-refractivity contribution in [3.05, 3.63) is 23.6 Å². The summed E-state index contributed by atoms with van der Waals surface area (Å²) in [4.78, 5) is 16.3. The maximum atomic E-state index is 13.3. The summed E-state index contributed by atoms with van der Waals surface area (Å²) >= 11 is 0. The number of anilines is 1. The van der Waals surface area contributed by atoms with Crippen LogP contribution in [0.15, 0.2) is 12.3 Å². The molecule has 1 saturated carbocycles. The molecule has 0 bridgehead atoms. The molecular weight excluding hydrogens is 257 g/mol. The molecule has 1 amide bonds. The van der Waals surface area contributed by atoms with Crippen molar-refractivity contribution >= 4 is 11.7 Å². The maximum Gasteiger partial charge on any atom is 0.255 e. The fourth-order valence-corrected chi connectivity index (χ4v) is 2.75. The van der Waals surface area contributed by atoms with Crippen LogP contribution in [0.1, 0.15) is 50.4 Å². The Kier molecular flexibility index (Phi) is 4.26. The van der Waals surface area contributed by atoms with Crippen molar-refractivity contribution in [2.45, 2.75) is 46.1 Å². The van der Waals surface area contributed by atoms with Crippen LogP contribution in [0.2, 0.25) is 0 Å². The van der Waals surface area contributed by atoms with E-state index in [-0.39, 0.29) is 22.9 Å². The molecule has 1 aliphatic carbocycles. The van der Waals surface area contributed by atoms with Gasteiger partial charge >= 0.3 is 0 Å². The van der Waals surface area contributed by atoms with Crippen LogP contribution in [-0.2, 0) is 0 Å². The molecule has 1 aliphatic rings. The lowest BCUT2D eigenvalue weighted by molar-refractivity contribution is 0.0910. The smallest absolute Gasteiger partial charge is 0.255 e. The molecule has 1 aromatic heterocycles. The van der Waals surface area contributed by atoms with E-state index in [1.165, 1.54) is 6.07 Å². The maximum absolute atomic E-state index is 13.3. The Labute approximate surface area is 119 Å². The van der Waals surface area contributed by atoms with E-state index < -0.39 is 5.82 Å². The van der Waals surface area contributed by atoms with Crippen LogP contribution in [-0.4, -0.2) is 23.5 Å². The van der Waals surface area contributed by atoms with Gasteiger partial charge < -0.3 is 10.6 Å². The number of carbonyl (C=O) groups is 1. The highest BCUT2D eigenvalue weighted by Gasteiger charge is 2.35. The van der Waals surface area contributed by atoms with Crippen LogP contribution in [0.25, 0.3) is 0 Å². The number of amides is 1. The van der Waals surface area contributed by atoms with Crippen LogP contribution in [0.4, 0.5) is 10.2 Å². The van der Waals surface area contributed by atoms with E-state index in [2.05, 4.69) is 29.5 Å². The van der Waals surface area contributed by atoms with E-state index in [9.17, 15) is 9.18 Å². The first-order valence-corrected chi connectivity index (χ1v) is 7.14. The summed E-state index contributed by atoms with van der Waals surface area (Å²) in [7, 11) is 0. The molecule has 110 valence electrons. The largest absolute Gasteiger partial charge is 0.370 e. The second-order valence-corrected chi connectivity index (χ2v) is 5.99. The van der Waals surface area contributed by atoms with Gasteiger partial charge in [-0.25, -0.2) is 9.37 Å². The third kappa shape index (κ3) is 3.08. The van der Waals surface area contributed by atoms with Gasteiger partial charge in [0.15, 0.2) is 0 Å². The molecule has 0 saturated heterocycles. The van der Waals surface area contributed by atoms with Crippen molar-refractivity contribution in [1.82, 2.24) is 10.3 Å². The number of nitrogens with one attached hydrogen (secondary N) is 2. The van der Waals surface area contributed by atoms with Gasteiger partial charge in [0.25, 0.3) is 5.91 Å². The molecule has 0 aliphatic heterocycles. The fraction of sp³-hybridized carbons (Fsp3) is 0.600. The van der Waals surface area contributed by atoms with Crippen LogP contribution in [0.5, 0.6) is 0 Å². The van der Waals surface area contributed by atoms with Gasteiger partial charge in [-0.2, -0.15) is 0 Å². The fourth-order valence-electron chi connectivity index (χ4n) is 2.75. The highest BCUT2D eigenvalue weighted by Crippen LogP contribution is 2.37. The summed E-state index contributed by atoms with van der Waals surface area (Å²) in [6.07, 6.45) is 4.30. The molecule has 1 heterocycles. The number of hydrogen-bond acceptors (Lipinski definition) is 3. The summed E-state index contributed by atoms with van der Waals surface area (Å²) in [6, 6.07) is 1.37. The number of rotatable bonds is 4. The van der Waals surface area contributed by atoms with E-state index in [0.717, 1.165) is 25.5 Å². The summed E-state index contributed by atoms with van der Waals surface area (Å²) in [6.45, 7) is 6.85. The van der Waals surface area contributed by atoms with E-state index >= 15 is 0 Å². The zero-order chi connectivity index (χ0) is 14.8. The first-order valence-electron chi connectivity index (χ1n) is 7.14. The van der Waals surface area contributed by atoms with Crippen molar-refractivity contribution in [2.75, 3.05) is 11.9 Å². The van der Waals surface area contributed by atoms with Gasteiger partial charge in [-0.15, -0.1) is 0 Å². The molecule has 1 unspecified atom stereocenters. The summed E-state index contributed by atoms with van der Waals surface area (Å²) in [5.74, 6) is -0.322. The standard InChI is InChI=1S/C15H22FN3O/c1-4-17-13-11(8-10(16)9-18-13)14(20)19-12-6-5-7-15(12,2)3/h8-9,12H,4-7H2,1-3H3,(H,17,18)(H,19,20). The average molecular weight is 279 g/mol. The van der Waals surface area contributed by atoms with Crippen LogP contribution in [0.3, 0.4) is 0 Å². The average Bonchev–Trinajstić information content (AvgIpc) is 2.71. The van der Waals surface area contributed by atoms with E-state index in [0.29, 0.717) is 12.4 Å². The number of aromatic nitrogens is 1. The SMILES string of the molecule is CCNc1ncc(F)cc1C(=O)NC1CCCC1(C)C. The molecule has 2 N–H and O–H groups in total. The lowest BCUT2D eigenvalue weighted by Gasteiger charge is -2.28. The van der Waals surface area contributed by atoms with Crippen LogP contribution >= 0.6 is 0 Å². The Bertz CT molecular complexity index is 502. The van der Waals surface area contributed by atoms with Gasteiger partial charge in [-0.1, -0.05) is 20.3 Å².